The summed E-state index contributed by atoms with van der Waals surface area (Å²) in [6.07, 6.45) is 1.12. The molecule has 18 heavy (non-hydrogen) atoms. The highest BCUT2D eigenvalue weighted by Crippen LogP contribution is 2.12. The van der Waals surface area contributed by atoms with Crippen molar-refractivity contribution in [1.82, 2.24) is 4.90 Å². The van der Waals surface area contributed by atoms with Crippen LogP contribution < -0.4 is 5.73 Å². The quantitative estimate of drug-likeness (QED) is 0.789. The predicted octanol–water partition coefficient (Wildman–Crippen LogP) is 2.53. The lowest BCUT2D eigenvalue weighted by Crippen LogP contribution is -2.29. The van der Waals surface area contributed by atoms with Gasteiger partial charge in [-0.15, -0.1) is 0 Å². The van der Waals surface area contributed by atoms with Crippen molar-refractivity contribution in [3.05, 3.63) is 34.9 Å². The van der Waals surface area contributed by atoms with Crippen LogP contribution in [0.25, 0.3) is 0 Å². The minimum Gasteiger partial charge on any atom is -0.377 e. The fraction of sp³-hybridized carbons (Fsp3) is 0.571. The molecule has 1 unspecified atom stereocenters. The molecule has 0 aromatic heterocycles. The van der Waals surface area contributed by atoms with Crippen LogP contribution in [0.1, 0.15) is 18.9 Å². The molecule has 4 heteroatoms. The Balaban J connectivity index is 2.35. The molecule has 1 aromatic carbocycles. The van der Waals surface area contributed by atoms with Crippen molar-refractivity contribution in [2.75, 3.05) is 26.7 Å². The molecule has 1 rings (SSSR count). The Labute approximate surface area is 115 Å². The van der Waals surface area contributed by atoms with Crippen LogP contribution in [0.3, 0.4) is 0 Å². The third-order valence-electron chi connectivity index (χ3n) is 2.84. The van der Waals surface area contributed by atoms with Gasteiger partial charge in [-0.05, 0) is 38.1 Å². The van der Waals surface area contributed by atoms with Crippen molar-refractivity contribution in [2.45, 2.75) is 26.0 Å². The van der Waals surface area contributed by atoms with E-state index in [9.17, 15) is 0 Å². The number of halogens is 1. The lowest BCUT2D eigenvalue weighted by Gasteiger charge is -2.20. The van der Waals surface area contributed by atoms with E-state index < -0.39 is 0 Å². The smallest absolute Gasteiger partial charge is 0.0709 e. The van der Waals surface area contributed by atoms with Gasteiger partial charge in [0.1, 0.15) is 0 Å². The van der Waals surface area contributed by atoms with Gasteiger partial charge in [-0.3, -0.25) is 0 Å². The third-order valence-corrected chi connectivity index (χ3v) is 3.07. The molecule has 0 heterocycles. The molecule has 0 fully saturated rings. The molecule has 0 saturated carbocycles. The normalized spacial score (nSPS) is 12.9. The molecule has 2 N–H and O–H groups in total. The zero-order valence-electron chi connectivity index (χ0n) is 11.2. The summed E-state index contributed by atoms with van der Waals surface area (Å²) in [6.45, 7) is 5.16. The maximum atomic E-state index is 5.96. The van der Waals surface area contributed by atoms with Gasteiger partial charge in [0.2, 0.25) is 0 Å². The van der Waals surface area contributed by atoms with Crippen molar-refractivity contribution in [3.63, 3.8) is 0 Å². The molecular weight excluding hydrogens is 248 g/mol. The summed E-state index contributed by atoms with van der Waals surface area (Å²) in [5, 5.41) is 0.787. The molecule has 102 valence electrons. The van der Waals surface area contributed by atoms with E-state index in [-0.39, 0.29) is 6.10 Å². The largest absolute Gasteiger partial charge is 0.377 e. The Morgan fingerprint density at radius 1 is 1.44 bits per heavy atom. The number of nitrogens with zero attached hydrogens (tertiary/aromatic N) is 1. The highest BCUT2D eigenvalue weighted by atomic mass is 35.5. The molecule has 0 bridgehead atoms. The van der Waals surface area contributed by atoms with Crippen LogP contribution in [0.4, 0.5) is 0 Å². The van der Waals surface area contributed by atoms with Gasteiger partial charge >= 0.3 is 0 Å². The number of nitrogens with two attached hydrogens (primary N) is 1. The van der Waals surface area contributed by atoms with Crippen LogP contribution in [0.15, 0.2) is 24.3 Å². The van der Waals surface area contributed by atoms with Crippen LogP contribution >= 0.6 is 11.6 Å². The number of benzene rings is 1. The molecule has 0 saturated heterocycles. The van der Waals surface area contributed by atoms with Crippen molar-refractivity contribution >= 4 is 11.6 Å². The van der Waals surface area contributed by atoms with E-state index in [2.05, 4.69) is 18.0 Å². The first-order valence-corrected chi connectivity index (χ1v) is 6.78. The van der Waals surface area contributed by atoms with Gasteiger partial charge in [0.15, 0.2) is 0 Å². The second-order valence-corrected chi connectivity index (χ2v) is 4.91. The highest BCUT2D eigenvalue weighted by Gasteiger charge is 2.08. The fourth-order valence-corrected chi connectivity index (χ4v) is 2.11. The second kappa shape index (κ2) is 8.48. The second-order valence-electron chi connectivity index (χ2n) is 4.47. The Kier molecular flexibility index (Phi) is 7.28. The summed E-state index contributed by atoms with van der Waals surface area (Å²) >= 11 is 5.96. The number of hydrogen-bond acceptors (Lipinski definition) is 3. The third kappa shape index (κ3) is 5.83. The Morgan fingerprint density at radius 3 is 2.83 bits per heavy atom. The van der Waals surface area contributed by atoms with Crippen molar-refractivity contribution in [1.29, 1.82) is 0 Å². The van der Waals surface area contributed by atoms with Gasteiger partial charge in [0.05, 0.1) is 6.10 Å². The molecule has 0 aliphatic heterocycles. The molecule has 1 aromatic rings. The average Bonchev–Trinajstić information content (AvgIpc) is 2.34. The van der Waals surface area contributed by atoms with Crippen molar-refractivity contribution in [3.8, 4) is 0 Å². The van der Waals surface area contributed by atoms with Crippen LogP contribution in [0, 0.1) is 0 Å². The van der Waals surface area contributed by atoms with Gasteiger partial charge in [-0.1, -0.05) is 23.7 Å². The maximum absolute atomic E-state index is 5.96. The molecular formula is C14H23ClN2O. The zero-order valence-corrected chi connectivity index (χ0v) is 12.0. The molecule has 1 atom stereocenters. The number of ether oxygens (including phenoxy) is 1. The zero-order chi connectivity index (χ0) is 13.4. The molecule has 0 aliphatic carbocycles. The molecule has 0 amide bonds. The van der Waals surface area contributed by atoms with E-state index >= 15 is 0 Å². The monoisotopic (exact) mass is 270 g/mol. The maximum Gasteiger partial charge on any atom is 0.0709 e. The first-order valence-electron chi connectivity index (χ1n) is 6.40. The van der Waals surface area contributed by atoms with Crippen molar-refractivity contribution in [2.24, 2.45) is 5.73 Å². The Hall–Kier alpha value is -0.610. The highest BCUT2D eigenvalue weighted by molar-refractivity contribution is 6.30. The summed E-state index contributed by atoms with van der Waals surface area (Å²) in [4.78, 5) is 2.26. The molecule has 0 spiro atoms. The summed E-state index contributed by atoms with van der Waals surface area (Å²) in [5.41, 5.74) is 6.88. The van der Waals surface area contributed by atoms with Crippen LogP contribution in [-0.2, 0) is 11.3 Å². The standard InChI is InChI=1S/C14H23ClN2O/c1-3-18-14(10-16)7-8-17(2)11-12-5-4-6-13(15)9-12/h4-6,9,14H,3,7-8,10-11,16H2,1-2H3. The number of hydrogen-bond donors (Lipinski definition) is 1. The SMILES string of the molecule is CCOC(CN)CCN(C)Cc1cccc(Cl)c1. The van der Waals surface area contributed by atoms with Crippen LogP contribution in [0.2, 0.25) is 5.02 Å². The first-order chi connectivity index (χ1) is 8.65. The minimum absolute atomic E-state index is 0.164. The summed E-state index contributed by atoms with van der Waals surface area (Å²) in [7, 11) is 2.10. The van der Waals surface area contributed by atoms with Crippen LogP contribution in [-0.4, -0.2) is 37.7 Å². The lowest BCUT2D eigenvalue weighted by molar-refractivity contribution is 0.0559. The van der Waals surface area contributed by atoms with Gasteiger partial charge in [-0.25, -0.2) is 0 Å². The van der Waals surface area contributed by atoms with E-state index in [1.54, 1.807) is 0 Å². The Morgan fingerprint density at radius 2 is 2.22 bits per heavy atom. The van der Waals surface area contributed by atoms with Gasteiger partial charge in [0.25, 0.3) is 0 Å². The first kappa shape index (κ1) is 15.4. The van der Waals surface area contributed by atoms with Gasteiger partial charge < -0.3 is 15.4 Å². The van der Waals surface area contributed by atoms with Crippen LogP contribution in [0.5, 0.6) is 0 Å². The molecule has 3 nitrogen and oxygen atoms in total. The average molecular weight is 271 g/mol. The topological polar surface area (TPSA) is 38.5 Å². The van der Waals surface area contributed by atoms with E-state index in [1.807, 2.05) is 25.1 Å². The molecule has 0 radical (unpaired) electrons. The van der Waals surface area contributed by atoms with E-state index in [4.69, 9.17) is 22.1 Å². The minimum atomic E-state index is 0.164. The lowest BCUT2D eigenvalue weighted by atomic mass is 10.2. The summed E-state index contributed by atoms with van der Waals surface area (Å²) in [5.74, 6) is 0. The van der Waals surface area contributed by atoms with E-state index in [0.717, 1.165) is 31.1 Å². The van der Waals surface area contributed by atoms with Gasteiger partial charge in [0, 0.05) is 31.3 Å². The predicted molar refractivity (Wildman–Crippen MR) is 76.9 cm³/mol. The van der Waals surface area contributed by atoms with Gasteiger partial charge in [-0.2, -0.15) is 0 Å². The Bertz CT molecular complexity index is 346. The van der Waals surface area contributed by atoms with E-state index in [1.165, 1.54) is 5.56 Å². The summed E-state index contributed by atoms with van der Waals surface area (Å²) < 4.78 is 5.54. The summed E-state index contributed by atoms with van der Waals surface area (Å²) in [6, 6.07) is 7.96. The molecule has 0 aliphatic rings. The van der Waals surface area contributed by atoms with Crippen molar-refractivity contribution < 1.29 is 4.74 Å². The van der Waals surface area contributed by atoms with E-state index in [0.29, 0.717) is 6.54 Å². The number of rotatable bonds is 8. The fourth-order valence-electron chi connectivity index (χ4n) is 1.90.